The second kappa shape index (κ2) is 6.97. The van der Waals surface area contributed by atoms with Crippen molar-refractivity contribution in [1.29, 1.82) is 0 Å². The van der Waals surface area contributed by atoms with Crippen LogP contribution in [-0.2, 0) is 0 Å². The highest BCUT2D eigenvalue weighted by Gasteiger charge is 2.36. The zero-order valence-electron chi connectivity index (χ0n) is 14.4. The summed E-state index contributed by atoms with van der Waals surface area (Å²) in [6, 6.07) is 1.63. The predicted octanol–water partition coefficient (Wildman–Crippen LogP) is 2.43. The Morgan fingerprint density at radius 3 is 2.76 bits per heavy atom. The quantitative estimate of drug-likeness (QED) is 0.862. The molecule has 2 heterocycles. The van der Waals surface area contributed by atoms with Gasteiger partial charge in [-0.05, 0) is 83.5 Å². The summed E-state index contributed by atoms with van der Waals surface area (Å²) >= 11 is 0. The van der Waals surface area contributed by atoms with E-state index in [4.69, 9.17) is 0 Å². The number of nitrogens with zero attached hydrogens (tertiary/aromatic N) is 2. The highest BCUT2D eigenvalue weighted by molar-refractivity contribution is 4.91. The van der Waals surface area contributed by atoms with Crippen LogP contribution in [0, 0.1) is 17.8 Å². The van der Waals surface area contributed by atoms with Gasteiger partial charge in [-0.3, -0.25) is 0 Å². The Kier molecular flexibility index (Phi) is 5.23. The van der Waals surface area contributed by atoms with E-state index in [1.807, 2.05) is 0 Å². The molecule has 3 fully saturated rings. The van der Waals surface area contributed by atoms with Gasteiger partial charge in [0.15, 0.2) is 0 Å². The topological polar surface area (TPSA) is 18.5 Å². The lowest BCUT2D eigenvalue weighted by Gasteiger charge is -2.47. The number of rotatable bonds is 3. The maximum atomic E-state index is 3.59. The van der Waals surface area contributed by atoms with E-state index >= 15 is 0 Å². The van der Waals surface area contributed by atoms with Crippen LogP contribution in [-0.4, -0.2) is 62.2 Å². The second-order valence-electron chi connectivity index (χ2n) is 8.07. The van der Waals surface area contributed by atoms with Crippen molar-refractivity contribution in [2.24, 2.45) is 17.8 Å². The van der Waals surface area contributed by atoms with Crippen LogP contribution in [0.2, 0.25) is 0 Å². The number of hydrogen-bond donors (Lipinski definition) is 1. The molecule has 2 saturated heterocycles. The van der Waals surface area contributed by atoms with Crippen molar-refractivity contribution in [3.05, 3.63) is 0 Å². The fourth-order valence-corrected chi connectivity index (χ4v) is 5.31. The van der Waals surface area contributed by atoms with Crippen molar-refractivity contribution in [1.82, 2.24) is 15.1 Å². The van der Waals surface area contributed by atoms with Crippen molar-refractivity contribution in [2.75, 3.05) is 40.3 Å². The van der Waals surface area contributed by atoms with Crippen molar-refractivity contribution in [2.45, 2.75) is 57.5 Å². The fourth-order valence-electron chi connectivity index (χ4n) is 5.31. The minimum absolute atomic E-state index is 0.757. The minimum atomic E-state index is 0.757. The lowest BCUT2D eigenvalue weighted by Crippen LogP contribution is -2.54. The van der Waals surface area contributed by atoms with Gasteiger partial charge in [0.1, 0.15) is 0 Å². The normalized spacial score (nSPS) is 42.7. The molecule has 3 aliphatic rings. The molecule has 21 heavy (non-hydrogen) atoms. The molecule has 0 bridgehead atoms. The first-order valence-corrected chi connectivity index (χ1v) is 9.27. The molecule has 3 rings (SSSR count). The average molecular weight is 293 g/mol. The van der Waals surface area contributed by atoms with Gasteiger partial charge in [-0.2, -0.15) is 0 Å². The van der Waals surface area contributed by atoms with E-state index in [9.17, 15) is 0 Å². The molecule has 5 atom stereocenters. The van der Waals surface area contributed by atoms with E-state index in [2.05, 4.69) is 36.1 Å². The van der Waals surface area contributed by atoms with Gasteiger partial charge in [0.2, 0.25) is 0 Å². The number of piperidine rings is 2. The van der Waals surface area contributed by atoms with Crippen LogP contribution in [0.3, 0.4) is 0 Å². The van der Waals surface area contributed by atoms with Crippen LogP contribution in [0.5, 0.6) is 0 Å². The first-order valence-electron chi connectivity index (χ1n) is 9.27. The van der Waals surface area contributed by atoms with Gasteiger partial charge in [-0.25, -0.2) is 0 Å². The molecule has 0 aromatic heterocycles. The van der Waals surface area contributed by atoms with E-state index in [0.717, 1.165) is 29.8 Å². The molecule has 2 aliphatic heterocycles. The Balaban J connectivity index is 1.55. The standard InChI is InChI=1S/C18H35N3/c1-14-6-7-17(19-2)16(11-14)13-21-10-8-18-15(12-21)5-4-9-20(18)3/h14-19H,4-13H2,1-3H3. The van der Waals surface area contributed by atoms with E-state index in [-0.39, 0.29) is 0 Å². The molecule has 0 amide bonds. The summed E-state index contributed by atoms with van der Waals surface area (Å²) in [5.41, 5.74) is 0. The summed E-state index contributed by atoms with van der Waals surface area (Å²) in [7, 11) is 4.50. The monoisotopic (exact) mass is 293 g/mol. The van der Waals surface area contributed by atoms with Crippen molar-refractivity contribution < 1.29 is 0 Å². The Labute approximate surface area is 131 Å². The SMILES string of the molecule is CNC1CCC(C)CC1CN1CCC2C(CCCN2C)C1. The highest BCUT2D eigenvalue weighted by Crippen LogP contribution is 2.33. The summed E-state index contributed by atoms with van der Waals surface area (Å²) in [5, 5.41) is 3.59. The second-order valence-corrected chi connectivity index (χ2v) is 8.07. The van der Waals surface area contributed by atoms with Gasteiger partial charge in [-0.1, -0.05) is 6.92 Å². The van der Waals surface area contributed by atoms with Crippen molar-refractivity contribution in [3.63, 3.8) is 0 Å². The Bertz CT molecular complexity index is 332. The van der Waals surface area contributed by atoms with Crippen LogP contribution < -0.4 is 5.32 Å². The van der Waals surface area contributed by atoms with E-state index in [0.29, 0.717) is 0 Å². The summed E-state index contributed by atoms with van der Waals surface area (Å²) in [5.74, 6) is 2.74. The lowest BCUT2D eigenvalue weighted by molar-refractivity contribution is 0.0248. The number of fused-ring (bicyclic) bond motifs is 1. The lowest BCUT2D eigenvalue weighted by atomic mass is 9.77. The molecule has 0 aromatic rings. The third kappa shape index (κ3) is 3.62. The molecule has 1 saturated carbocycles. The fraction of sp³-hybridized carbons (Fsp3) is 1.00. The molecule has 1 N–H and O–H groups in total. The molecule has 122 valence electrons. The molecule has 3 heteroatoms. The molecular weight excluding hydrogens is 258 g/mol. The van der Waals surface area contributed by atoms with Crippen LogP contribution in [0.25, 0.3) is 0 Å². The first kappa shape index (κ1) is 15.8. The van der Waals surface area contributed by atoms with Crippen LogP contribution in [0.4, 0.5) is 0 Å². The third-order valence-electron chi connectivity index (χ3n) is 6.54. The van der Waals surface area contributed by atoms with Crippen molar-refractivity contribution in [3.8, 4) is 0 Å². The maximum absolute atomic E-state index is 3.59. The smallest absolute Gasteiger partial charge is 0.0145 e. The van der Waals surface area contributed by atoms with E-state index in [1.54, 1.807) is 0 Å². The van der Waals surface area contributed by atoms with E-state index < -0.39 is 0 Å². The largest absolute Gasteiger partial charge is 0.317 e. The summed E-state index contributed by atoms with van der Waals surface area (Å²) in [6.45, 7) is 7.79. The van der Waals surface area contributed by atoms with Gasteiger partial charge in [0.05, 0.1) is 0 Å². The molecule has 5 unspecified atom stereocenters. The molecular formula is C18H35N3. The van der Waals surface area contributed by atoms with Crippen LogP contribution in [0.15, 0.2) is 0 Å². The minimum Gasteiger partial charge on any atom is -0.317 e. The Hall–Kier alpha value is -0.120. The summed E-state index contributed by atoms with van der Waals surface area (Å²) < 4.78 is 0. The van der Waals surface area contributed by atoms with Crippen LogP contribution in [0.1, 0.15) is 45.4 Å². The zero-order chi connectivity index (χ0) is 14.8. The van der Waals surface area contributed by atoms with Gasteiger partial charge >= 0.3 is 0 Å². The maximum Gasteiger partial charge on any atom is 0.0145 e. The van der Waals surface area contributed by atoms with Crippen LogP contribution >= 0.6 is 0 Å². The van der Waals surface area contributed by atoms with E-state index in [1.165, 1.54) is 64.7 Å². The molecule has 0 radical (unpaired) electrons. The Morgan fingerprint density at radius 2 is 1.95 bits per heavy atom. The molecule has 1 aliphatic carbocycles. The third-order valence-corrected chi connectivity index (χ3v) is 6.54. The highest BCUT2D eigenvalue weighted by atomic mass is 15.2. The van der Waals surface area contributed by atoms with Gasteiger partial charge in [-0.15, -0.1) is 0 Å². The van der Waals surface area contributed by atoms with Gasteiger partial charge in [0.25, 0.3) is 0 Å². The molecule has 0 spiro atoms. The first-order chi connectivity index (χ1) is 10.2. The zero-order valence-corrected chi connectivity index (χ0v) is 14.4. The number of nitrogens with one attached hydrogen (secondary N) is 1. The molecule has 3 nitrogen and oxygen atoms in total. The van der Waals surface area contributed by atoms with Crippen molar-refractivity contribution >= 4 is 0 Å². The molecule has 0 aromatic carbocycles. The number of likely N-dealkylation sites (tertiary alicyclic amines) is 2. The van der Waals surface area contributed by atoms with Gasteiger partial charge < -0.3 is 15.1 Å². The predicted molar refractivity (Wildman–Crippen MR) is 89.6 cm³/mol. The summed E-state index contributed by atoms with van der Waals surface area (Å²) in [4.78, 5) is 5.43. The number of hydrogen-bond acceptors (Lipinski definition) is 3. The Morgan fingerprint density at radius 1 is 1.10 bits per heavy atom. The average Bonchev–Trinajstić information content (AvgIpc) is 2.48. The van der Waals surface area contributed by atoms with Gasteiger partial charge in [0, 0.05) is 25.2 Å². The summed E-state index contributed by atoms with van der Waals surface area (Å²) in [6.07, 6.45) is 8.49.